The summed E-state index contributed by atoms with van der Waals surface area (Å²) in [7, 11) is 0. The van der Waals surface area contributed by atoms with E-state index in [0.717, 1.165) is 68.5 Å². The SMILES string of the molecule is CCNC(=NCC(C)Oc1cccc(C)c1)NC1CCC(C(=O)N2CCSCC2)CC1. The molecule has 1 aromatic carbocycles. The lowest BCUT2D eigenvalue weighted by Crippen LogP contribution is -2.47. The fraction of sp³-hybridized carbons (Fsp3) is 0.667. The van der Waals surface area contributed by atoms with Crippen molar-refractivity contribution in [1.82, 2.24) is 15.5 Å². The molecule has 1 saturated heterocycles. The van der Waals surface area contributed by atoms with Crippen LogP contribution in [0.25, 0.3) is 0 Å². The number of ether oxygens (including phenoxy) is 1. The lowest BCUT2D eigenvalue weighted by molar-refractivity contribution is -0.136. The van der Waals surface area contributed by atoms with Crippen LogP contribution in [0.3, 0.4) is 0 Å². The maximum absolute atomic E-state index is 12.8. The average molecular weight is 447 g/mol. The average Bonchev–Trinajstić information content (AvgIpc) is 2.78. The predicted molar refractivity (Wildman–Crippen MR) is 130 cm³/mol. The van der Waals surface area contributed by atoms with Gasteiger partial charge in [-0.25, -0.2) is 4.99 Å². The quantitative estimate of drug-likeness (QED) is 0.496. The number of aliphatic imine (C=N–C) groups is 1. The molecule has 3 rings (SSSR count). The number of rotatable bonds is 7. The molecule has 2 N–H and O–H groups in total. The van der Waals surface area contributed by atoms with E-state index in [1.807, 2.05) is 36.9 Å². The maximum atomic E-state index is 12.8. The third-order valence-electron chi connectivity index (χ3n) is 5.92. The Morgan fingerprint density at radius 1 is 1.26 bits per heavy atom. The van der Waals surface area contributed by atoms with Crippen molar-refractivity contribution in [3.8, 4) is 5.75 Å². The highest BCUT2D eigenvalue weighted by atomic mass is 32.2. The molecule has 0 spiro atoms. The molecule has 1 aliphatic carbocycles. The number of thioether (sulfide) groups is 1. The number of aryl methyl sites for hydroxylation is 1. The Labute approximate surface area is 191 Å². The van der Waals surface area contributed by atoms with Gasteiger partial charge in [-0.1, -0.05) is 12.1 Å². The fourth-order valence-corrected chi connectivity index (χ4v) is 5.12. The van der Waals surface area contributed by atoms with Crippen LogP contribution in [0.4, 0.5) is 0 Å². The van der Waals surface area contributed by atoms with Crippen molar-refractivity contribution in [1.29, 1.82) is 0 Å². The Morgan fingerprint density at radius 2 is 2.00 bits per heavy atom. The van der Waals surface area contributed by atoms with E-state index < -0.39 is 0 Å². The zero-order valence-corrected chi connectivity index (χ0v) is 20.0. The Bertz CT molecular complexity index is 728. The molecule has 0 aromatic heterocycles. The Hall–Kier alpha value is -1.89. The van der Waals surface area contributed by atoms with Gasteiger partial charge >= 0.3 is 0 Å². The molecule has 1 amide bonds. The van der Waals surface area contributed by atoms with Crippen molar-refractivity contribution in [2.24, 2.45) is 10.9 Å². The van der Waals surface area contributed by atoms with E-state index in [9.17, 15) is 4.79 Å². The Balaban J connectivity index is 1.45. The molecule has 6 nitrogen and oxygen atoms in total. The van der Waals surface area contributed by atoms with Crippen molar-refractivity contribution in [2.45, 2.75) is 58.6 Å². The highest BCUT2D eigenvalue weighted by Crippen LogP contribution is 2.27. The lowest BCUT2D eigenvalue weighted by Gasteiger charge is -2.34. The van der Waals surface area contributed by atoms with Gasteiger partial charge in [0.15, 0.2) is 5.96 Å². The van der Waals surface area contributed by atoms with Crippen LogP contribution in [0.5, 0.6) is 5.75 Å². The van der Waals surface area contributed by atoms with Crippen LogP contribution in [0.2, 0.25) is 0 Å². The van der Waals surface area contributed by atoms with Crippen molar-refractivity contribution in [3.05, 3.63) is 29.8 Å². The first-order valence-corrected chi connectivity index (χ1v) is 12.8. The molecule has 1 aliphatic heterocycles. The number of hydrogen-bond donors (Lipinski definition) is 2. The summed E-state index contributed by atoms with van der Waals surface area (Å²) in [5.41, 5.74) is 1.19. The second-order valence-electron chi connectivity index (χ2n) is 8.60. The number of nitrogens with one attached hydrogen (secondary N) is 2. The van der Waals surface area contributed by atoms with Crippen LogP contribution in [0, 0.1) is 12.8 Å². The Kier molecular flexibility index (Phi) is 9.37. The molecule has 0 bridgehead atoms. The van der Waals surface area contributed by atoms with Gasteiger partial charge in [0.25, 0.3) is 0 Å². The summed E-state index contributed by atoms with van der Waals surface area (Å²) >= 11 is 1.95. The third kappa shape index (κ3) is 7.63. The Morgan fingerprint density at radius 3 is 2.68 bits per heavy atom. The zero-order valence-electron chi connectivity index (χ0n) is 19.2. The molecule has 2 aliphatic rings. The smallest absolute Gasteiger partial charge is 0.225 e. The van der Waals surface area contributed by atoms with Gasteiger partial charge in [0.05, 0.1) is 6.54 Å². The summed E-state index contributed by atoms with van der Waals surface area (Å²) < 4.78 is 6.01. The minimum absolute atomic E-state index is 0.00619. The number of nitrogens with zero attached hydrogens (tertiary/aromatic N) is 2. The standard InChI is InChI=1S/C24H38N4O2S/c1-4-25-24(26-17-19(3)30-22-7-5-6-18(2)16-22)27-21-10-8-20(9-11-21)23(29)28-12-14-31-15-13-28/h5-7,16,19-21H,4,8-15,17H2,1-3H3,(H2,25,26,27). The first kappa shape index (κ1) is 23.8. The van der Waals surface area contributed by atoms with Gasteiger partial charge in [-0.05, 0) is 64.2 Å². The van der Waals surface area contributed by atoms with Gasteiger partial charge in [-0.3, -0.25) is 4.79 Å². The van der Waals surface area contributed by atoms with E-state index in [1.54, 1.807) is 0 Å². The summed E-state index contributed by atoms with van der Waals surface area (Å²) in [6.45, 7) is 9.44. The summed E-state index contributed by atoms with van der Waals surface area (Å²) in [4.78, 5) is 19.6. The molecule has 1 aromatic rings. The van der Waals surface area contributed by atoms with Gasteiger partial charge < -0.3 is 20.3 Å². The summed E-state index contributed by atoms with van der Waals surface area (Å²) in [5.74, 6) is 4.46. The van der Waals surface area contributed by atoms with Crippen molar-refractivity contribution >= 4 is 23.6 Å². The van der Waals surface area contributed by atoms with Crippen molar-refractivity contribution < 1.29 is 9.53 Å². The highest BCUT2D eigenvalue weighted by Gasteiger charge is 2.30. The van der Waals surface area contributed by atoms with Crippen LogP contribution >= 0.6 is 11.8 Å². The van der Waals surface area contributed by atoms with Crippen LogP contribution < -0.4 is 15.4 Å². The molecule has 1 unspecified atom stereocenters. The van der Waals surface area contributed by atoms with Crippen LogP contribution in [0.1, 0.15) is 45.1 Å². The van der Waals surface area contributed by atoms with E-state index in [0.29, 0.717) is 18.5 Å². The van der Waals surface area contributed by atoms with Gasteiger partial charge in [0.2, 0.25) is 5.91 Å². The third-order valence-corrected chi connectivity index (χ3v) is 6.86. The molecular formula is C24H38N4O2S. The monoisotopic (exact) mass is 446 g/mol. The second-order valence-corrected chi connectivity index (χ2v) is 9.82. The first-order chi connectivity index (χ1) is 15.0. The van der Waals surface area contributed by atoms with Crippen LogP contribution in [-0.2, 0) is 4.79 Å². The molecule has 172 valence electrons. The first-order valence-electron chi connectivity index (χ1n) is 11.7. The summed E-state index contributed by atoms with van der Waals surface area (Å²) in [6.07, 6.45) is 3.95. The summed E-state index contributed by atoms with van der Waals surface area (Å²) in [5, 5.41) is 6.93. The molecule has 2 fully saturated rings. The normalized spacial score (nSPS) is 23.2. The lowest BCUT2D eigenvalue weighted by atomic mass is 9.85. The van der Waals surface area contributed by atoms with E-state index in [1.165, 1.54) is 5.56 Å². The highest BCUT2D eigenvalue weighted by molar-refractivity contribution is 7.99. The number of carbonyl (C=O) groups excluding carboxylic acids is 1. The maximum Gasteiger partial charge on any atom is 0.225 e. The van der Waals surface area contributed by atoms with Gasteiger partial charge in [0.1, 0.15) is 11.9 Å². The number of benzene rings is 1. The minimum atomic E-state index is -0.00619. The van der Waals surface area contributed by atoms with Crippen LogP contribution in [0.15, 0.2) is 29.3 Å². The number of guanidine groups is 1. The number of amides is 1. The zero-order chi connectivity index (χ0) is 22.1. The molecular weight excluding hydrogens is 408 g/mol. The van der Waals surface area contributed by atoms with Crippen LogP contribution in [-0.4, -0.2) is 66.6 Å². The largest absolute Gasteiger partial charge is 0.489 e. The van der Waals surface area contributed by atoms with Crippen molar-refractivity contribution in [2.75, 3.05) is 37.7 Å². The van der Waals surface area contributed by atoms with Gasteiger partial charge in [-0.2, -0.15) is 11.8 Å². The number of hydrogen-bond acceptors (Lipinski definition) is 4. The molecule has 1 saturated carbocycles. The second kappa shape index (κ2) is 12.2. The van der Waals surface area contributed by atoms with E-state index in [2.05, 4.69) is 35.4 Å². The topological polar surface area (TPSA) is 66.0 Å². The molecule has 1 heterocycles. The number of carbonyl (C=O) groups is 1. The van der Waals surface area contributed by atoms with Crippen molar-refractivity contribution in [3.63, 3.8) is 0 Å². The molecule has 1 atom stereocenters. The minimum Gasteiger partial charge on any atom is -0.489 e. The predicted octanol–water partition coefficient (Wildman–Crippen LogP) is 3.45. The van der Waals surface area contributed by atoms with E-state index in [4.69, 9.17) is 9.73 Å². The fourth-order valence-electron chi connectivity index (χ4n) is 4.22. The van der Waals surface area contributed by atoms with E-state index >= 15 is 0 Å². The summed E-state index contributed by atoms with van der Waals surface area (Å²) in [6, 6.07) is 8.48. The molecule has 31 heavy (non-hydrogen) atoms. The van der Waals surface area contributed by atoms with Gasteiger partial charge in [0, 0.05) is 43.1 Å². The molecule has 7 heteroatoms. The van der Waals surface area contributed by atoms with Gasteiger partial charge in [-0.15, -0.1) is 0 Å². The van der Waals surface area contributed by atoms with E-state index in [-0.39, 0.29) is 12.0 Å². The molecule has 0 radical (unpaired) electrons.